The third kappa shape index (κ3) is 4.44. The summed E-state index contributed by atoms with van der Waals surface area (Å²) in [6.07, 6.45) is 1.64. The molecule has 0 saturated heterocycles. The molecule has 2 N–H and O–H groups in total. The van der Waals surface area contributed by atoms with E-state index in [-0.39, 0.29) is 5.91 Å². The van der Waals surface area contributed by atoms with Crippen molar-refractivity contribution in [3.05, 3.63) is 63.3 Å². The Morgan fingerprint density at radius 3 is 2.41 bits per heavy atom. The second kappa shape index (κ2) is 7.77. The van der Waals surface area contributed by atoms with Gasteiger partial charge in [-0.3, -0.25) is 20.4 Å². The van der Waals surface area contributed by atoms with Crippen LogP contribution in [0.5, 0.6) is 5.75 Å². The van der Waals surface area contributed by atoms with Crippen LogP contribution in [-0.4, -0.2) is 18.4 Å². The molecule has 0 bridgehead atoms. The summed E-state index contributed by atoms with van der Waals surface area (Å²) in [6.45, 7) is 3.96. The number of carbonyl (C=O) groups excluding carboxylic acids is 2. The minimum absolute atomic E-state index is 0.366. The molecule has 22 heavy (non-hydrogen) atoms. The Bertz CT molecular complexity index is 682. The van der Waals surface area contributed by atoms with Gasteiger partial charge in [0.15, 0.2) is 0 Å². The second-order valence-electron chi connectivity index (χ2n) is 4.14. The standard InChI is InChI=1S/C15H13BrN2O3S/c1-2-9-21-11-5-3-10(4-6-11)14(19)17-18-15(20)12-7-8-13(16)22-12/h2-8H,1,9H2,(H,17,19)(H,18,20). The minimum atomic E-state index is -0.403. The van der Waals surface area contributed by atoms with Gasteiger partial charge in [-0.05, 0) is 52.3 Å². The largest absolute Gasteiger partial charge is 0.490 e. The molecule has 0 aliphatic heterocycles. The van der Waals surface area contributed by atoms with E-state index in [1.165, 1.54) is 11.3 Å². The van der Waals surface area contributed by atoms with Crippen molar-refractivity contribution in [2.75, 3.05) is 6.61 Å². The monoisotopic (exact) mass is 380 g/mol. The maximum absolute atomic E-state index is 11.9. The average molecular weight is 381 g/mol. The van der Waals surface area contributed by atoms with Crippen LogP contribution in [0.2, 0.25) is 0 Å². The van der Waals surface area contributed by atoms with E-state index >= 15 is 0 Å². The molecule has 0 aliphatic rings. The molecule has 1 heterocycles. The van der Waals surface area contributed by atoms with Crippen LogP contribution in [0.15, 0.2) is 52.8 Å². The van der Waals surface area contributed by atoms with Crippen LogP contribution in [0.1, 0.15) is 20.0 Å². The van der Waals surface area contributed by atoms with Gasteiger partial charge in [0.05, 0.1) is 8.66 Å². The Morgan fingerprint density at radius 1 is 1.14 bits per heavy atom. The Morgan fingerprint density at radius 2 is 1.82 bits per heavy atom. The van der Waals surface area contributed by atoms with E-state index in [0.717, 1.165) is 3.79 Å². The van der Waals surface area contributed by atoms with Gasteiger partial charge in [0.2, 0.25) is 0 Å². The predicted octanol–water partition coefficient (Wildman–Crippen LogP) is 3.15. The van der Waals surface area contributed by atoms with E-state index in [1.807, 2.05) is 0 Å². The zero-order valence-corrected chi connectivity index (χ0v) is 13.9. The maximum atomic E-state index is 11.9. The number of ether oxygens (including phenoxy) is 1. The van der Waals surface area contributed by atoms with Crippen LogP contribution in [0.4, 0.5) is 0 Å². The van der Waals surface area contributed by atoms with Gasteiger partial charge in [0, 0.05) is 5.56 Å². The van der Waals surface area contributed by atoms with Crippen LogP contribution in [0.3, 0.4) is 0 Å². The molecule has 1 aromatic carbocycles. The summed E-state index contributed by atoms with van der Waals surface area (Å²) >= 11 is 4.56. The molecule has 0 unspecified atom stereocenters. The number of carbonyl (C=O) groups is 2. The van der Waals surface area contributed by atoms with Crippen LogP contribution in [0.25, 0.3) is 0 Å². The van der Waals surface area contributed by atoms with E-state index in [2.05, 4.69) is 33.4 Å². The number of thiophene rings is 1. The molecule has 0 spiro atoms. The lowest BCUT2D eigenvalue weighted by molar-refractivity contribution is 0.0849. The van der Waals surface area contributed by atoms with Crippen LogP contribution in [0, 0.1) is 0 Å². The molecule has 0 fully saturated rings. The molecular formula is C15H13BrN2O3S. The number of hydrazine groups is 1. The normalized spacial score (nSPS) is 9.86. The minimum Gasteiger partial charge on any atom is -0.490 e. The van der Waals surface area contributed by atoms with E-state index in [0.29, 0.717) is 22.8 Å². The van der Waals surface area contributed by atoms with E-state index < -0.39 is 5.91 Å². The molecule has 1 aromatic heterocycles. The Balaban J connectivity index is 1.89. The number of benzene rings is 1. The fourth-order valence-electron chi connectivity index (χ4n) is 1.54. The Hall–Kier alpha value is -2.12. The fourth-order valence-corrected chi connectivity index (χ4v) is 2.82. The molecule has 2 aromatic rings. The number of amides is 2. The SMILES string of the molecule is C=CCOc1ccc(C(=O)NNC(=O)c2ccc(Br)s2)cc1. The first kappa shape index (κ1) is 16.3. The van der Waals surface area contributed by atoms with Crippen LogP contribution in [-0.2, 0) is 0 Å². The van der Waals surface area contributed by atoms with Crippen molar-refractivity contribution in [2.24, 2.45) is 0 Å². The summed E-state index contributed by atoms with van der Waals surface area (Å²) in [6, 6.07) is 10.0. The van der Waals surface area contributed by atoms with Crippen molar-refractivity contribution in [1.29, 1.82) is 0 Å². The first-order valence-electron chi connectivity index (χ1n) is 6.30. The summed E-state index contributed by atoms with van der Waals surface area (Å²) in [5.74, 6) is -0.127. The highest BCUT2D eigenvalue weighted by Gasteiger charge is 2.11. The number of hydrogen-bond donors (Lipinski definition) is 2. The summed E-state index contributed by atoms with van der Waals surface area (Å²) in [4.78, 5) is 24.2. The number of rotatable bonds is 5. The van der Waals surface area contributed by atoms with Gasteiger partial charge < -0.3 is 4.74 Å². The van der Waals surface area contributed by atoms with Crippen molar-refractivity contribution >= 4 is 39.1 Å². The lowest BCUT2D eigenvalue weighted by Gasteiger charge is -2.07. The number of halogens is 1. The molecular weight excluding hydrogens is 368 g/mol. The summed E-state index contributed by atoms with van der Waals surface area (Å²) < 4.78 is 6.17. The quantitative estimate of drug-likeness (QED) is 0.618. The molecule has 2 amide bonds. The number of hydrogen-bond acceptors (Lipinski definition) is 4. The lowest BCUT2D eigenvalue weighted by Crippen LogP contribution is -2.41. The van der Waals surface area contributed by atoms with Gasteiger partial charge in [-0.2, -0.15) is 0 Å². The van der Waals surface area contributed by atoms with E-state index in [1.54, 1.807) is 42.5 Å². The van der Waals surface area contributed by atoms with E-state index in [9.17, 15) is 9.59 Å². The van der Waals surface area contributed by atoms with Crippen molar-refractivity contribution < 1.29 is 14.3 Å². The second-order valence-corrected chi connectivity index (χ2v) is 6.60. The molecule has 2 rings (SSSR count). The first-order valence-corrected chi connectivity index (χ1v) is 7.91. The zero-order chi connectivity index (χ0) is 15.9. The molecule has 0 atom stereocenters. The van der Waals surface area contributed by atoms with Crippen LogP contribution < -0.4 is 15.6 Å². The van der Waals surface area contributed by atoms with Crippen LogP contribution >= 0.6 is 27.3 Å². The highest BCUT2D eigenvalue weighted by molar-refractivity contribution is 9.11. The molecule has 0 saturated carbocycles. The van der Waals surface area contributed by atoms with Crippen molar-refractivity contribution in [3.63, 3.8) is 0 Å². The smallest absolute Gasteiger partial charge is 0.279 e. The van der Waals surface area contributed by atoms with Gasteiger partial charge >= 0.3 is 0 Å². The highest BCUT2D eigenvalue weighted by Crippen LogP contribution is 2.21. The Labute approximate surface area is 140 Å². The van der Waals surface area contributed by atoms with Gasteiger partial charge in [0.25, 0.3) is 11.8 Å². The third-order valence-corrected chi connectivity index (χ3v) is 4.19. The lowest BCUT2D eigenvalue weighted by atomic mass is 10.2. The maximum Gasteiger partial charge on any atom is 0.279 e. The van der Waals surface area contributed by atoms with E-state index in [4.69, 9.17) is 4.74 Å². The van der Waals surface area contributed by atoms with Crippen molar-refractivity contribution in [1.82, 2.24) is 10.9 Å². The summed E-state index contributed by atoms with van der Waals surface area (Å²) in [5.41, 5.74) is 5.15. The molecule has 7 heteroatoms. The molecule has 0 aliphatic carbocycles. The van der Waals surface area contributed by atoms with Gasteiger partial charge in [0.1, 0.15) is 12.4 Å². The van der Waals surface area contributed by atoms with Crippen molar-refractivity contribution in [3.8, 4) is 5.75 Å². The third-order valence-electron chi connectivity index (χ3n) is 2.57. The molecule has 0 radical (unpaired) electrons. The number of nitrogens with one attached hydrogen (secondary N) is 2. The van der Waals surface area contributed by atoms with Gasteiger partial charge in [-0.1, -0.05) is 12.7 Å². The fraction of sp³-hybridized carbons (Fsp3) is 0.0667. The summed E-state index contributed by atoms with van der Waals surface area (Å²) in [5, 5.41) is 0. The Kier molecular flexibility index (Phi) is 5.74. The van der Waals surface area contributed by atoms with Gasteiger partial charge in [-0.25, -0.2) is 0 Å². The topological polar surface area (TPSA) is 67.4 Å². The zero-order valence-electron chi connectivity index (χ0n) is 11.5. The molecule has 114 valence electrons. The molecule has 5 nitrogen and oxygen atoms in total. The summed E-state index contributed by atoms with van der Waals surface area (Å²) in [7, 11) is 0. The highest BCUT2D eigenvalue weighted by atomic mass is 79.9. The van der Waals surface area contributed by atoms with Crippen molar-refractivity contribution in [2.45, 2.75) is 0 Å². The average Bonchev–Trinajstić information content (AvgIpc) is 2.97. The van der Waals surface area contributed by atoms with Gasteiger partial charge in [-0.15, -0.1) is 11.3 Å². The predicted molar refractivity (Wildman–Crippen MR) is 89.1 cm³/mol. The first-order chi connectivity index (χ1) is 10.6.